The van der Waals surface area contributed by atoms with Crippen molar-refractivity contribution in [1.29, 1.82) is 0 Å². The predicted octanol–water partition coefficient (Wildman–Crippen LogP) is -3.68. The molecule has 1 aliphatic rings. The number of hydrogen-bond acceptors (Lipinski definition) is 13. The molecular weight excluding hydrogens is 743 g/mol. The minimum atomic E-state index is -1.20. The number of unbranched alkanes of at least 4 members (excludes halogenated alkanes) is 1. The molecule has 0 spiro atoms. The van der Waals surface area contributed by atoms with E-state index in [0.29, 0.717) is 31.6 Å². The van der Waals surface area contributed by atoms with Gasteiger partial charge in [0.2, 0.25) is 35.4 Å². The maximum absolute atomic E-state index is 13.8. The van der Waals surface area contributed by atoms with E-state index < -0.39 is 59.1 Å². The molecule has 0 aromatic carbocycles. The van der Waals surface area contributed by atoms with Gasteiger partial charge in [-0.3, -0.25) is 48.4 Å². The van der Waals surface area contributed by atoms with Crippen LogP contribution < -0.4 is 55.7 Å². The third-order valence-corrected chi connectivity index (χ3v) is 10.3. The third-order valence-electron chi connectivity index (χ3n) is 8.31. The molecule has 1 fully saturated rings. The summed E-state index contributed by atoms with van der Waals surface area (Å²) in [4.78, 5) is 99.5. The number of guanidine groups is 2. The van der Waals surface area contributed by atoms with Crippen molar-refractivity contribution in [1.82, 2.24) is 26.2 Å². The Bertz CT molecular complexity index is 1350. The van der Waals surface area contributed by atoms with E-state index in [1.54, 1.807) is 0 Å². The number of aliphatic imine (C=N–C) groups is 2. The molecule has 0 saturated carbocycles. The van der Waals surface area contributed by atoms with E-state index in [2.05, 4.69) is 31.3 Å². The maximum Gasteiger partial charge on any atom is 0.243 e. The molecule has 16 N–H and O–H groups in total. The Labute approximate surface area is 324 Å². The van der Waals surface area contributed by atoms with E-state index in [9.17, 15) is 33.6 Å². The molecule has 0 aromatic heterocycles. The summed E-state index contributed by atoms with van der Waals surface area (Å²) in [6.45, 7) is 2.09. The minimum Gasteiger partial charge on any atom is -0.370 e. The Morgan fingerprint density at radius 1 is 0.759 bits per heavy atom. The third kappa shape index (κ3) is 18.3. The number of nitrogens with zero attached hydrogens (tertiary/aromatic N) is 3. The molecule has 0 bridgehead atoms. The lowest BCUT2D eigenvalue weighted by Gasteiger charge is -2.27. The Balaban J connectivity index is 3.22. The number of nitrogens with one attached hydrogen (secondary N) is 4. The quantitative estimate of drug-likeness (QED) is 0.0166. The van der Waals surface area contributed by atoms with Gasteiger partial charge in [-0.25, -0.2) is 0 Å². The number of ketones is 1. The number of imide groups is 1. The van der Waals surface area contributed by atoms with Gasteiger partial charge in [0.1, 0.15) is 18.1 Å². The molecule has 1 aliphatic heterocycles. The van der Waals surface area contributed by atoms with E-state index in [0.717, 1.165) is 16.7 Å². The zero-order chi connectivity index (χ0) is 40.8. The lowest BCUT2D eigenvalue weighted by Crippen LogP contribution is -2.58. The SMILES string of the molecule is CSCC[C@H](NC(=O)[C@H](CCCN=C(N)N)NC(=O)[C@H](CCCN=C(N)N)NC(=O)C(N)CSC1CC(=O)N(C)C1=O)C(=O)N[C@@H](CCCCN)C(C)=O. The van der Waals surface area contributed by atoms with Crippen molar-refractivity contribution < 1.29 is 33.6 Å². The van der Waals surface area contributed by atoms with Crippen molar-refractivity contribution in [3.63, 3.8) is 0 Å². The van der Waals surface area contributed by atoms with E-state index in [4.69, 9.17) is 34.4 Å². The monoisotopic (exact) mass is 801 g/mol. The summed E-state index contributed by atoms with van der Waals surface area (Å²) in [7, 11) is 1.38. The van der Waals surface area contributed by atoms with Crippen LogP contribution in [-0.2, 0) is 33.6 Å². The number of thioether (sulfide) groups is 2. The van der Waals surface area contributed by atoms with E-state index in [-0.39, 0.29) is 86.9 Å². The second kappa shape index (κ2) is 25.8. The number of nitrogens with two attached hydrogens (primary N) is 6. The predicted molar refractivity (Wildman–Crippen MR) is 211 cm³/mol. The Hall–Kier alpha value is -4.15. The van der Waals surface area contributed by atoms with Gasteiger partial charge in [-0.2, -0.15) is 11.8 Å². The fraction of sp³-hybridized carbons (Fsp3) is 0.719. The first kappa shape index (κ1) is 47.9. The molecule has 20 nitrogen and oxygen atoms in total. The molecular formula is C32H59N13O7S2. The number of likely N-dealkylation sites (tertiary alicyclic amines) is 1. The number of carbonyl (C=O) groups is 7. The normalized spacial score (nSPS) is 16.7. The number of hydrogen-bond donors (Lipinski definition) is 10. The summed E-state index contributed by atoms with van der Waals surface area (Å²) in [5.74, 6) is -3.45. The van der Waals surface area contributed by atoms with Crippen LogP contribution in [0.5, 0.6) is 0 Å². The summed E-state index contributed by atoms with van der Waals surface area (Å²) < 4.78 is 0. The summed E-state index contributed by atoms with van der Waals surface area (Å²) in [5.41, 5.74) is 33.5. The molecule has 2 unspecified atom stereocenters. The Morgan fingerprint density at radius 3 is 1.65 bits per heavy atom. The molecule has 22 heteroatoms. The fourth-order valence-electron chi connectivity index (χ4n) is 5.16. The zero-order valence-electron chi connectivity index (χ0n) is 31.3. The van der Waals surface area contributed by atoms with Crippen molar-refractivity contribution in [2.75, 3.05) is 44.4 Å². The van der Waals surface area contributed by atoms with Crippen LogP contribution in [0, 0.1) is 0 Å². The van der Waals surface area contributed by atoms with Crippen LogP contribution in [-0.4, -0.2) is 138 Å². The largest absolute Gasteiger partial charge is 0.370 e. The summed E-state index contributed by atoms with van der Waals surface area (Å²) >= 11 is 2.52. The molecule has 6 atom stereocenters. The first-order chi connectivity index (χ1) is 25.5. The van der Waals surface area contributed by atoms with Gasteiger partial charge in [0.25, 0.3) is 0 Å². The van der Waals surface area contributed by atoms with Crippen LogP contribution in [0.4, 0.5) is 0 Å². The van der Waals surface area contributed by atoms with E-state index in [1.807, 2.05) is 6.26 Å². The molecule has 6 amide bonds. The first-order valence-corrected chi connectivity index (χ1v) is 20.2. The van der Waals surface area contributed by atoms with Gasteiger partial charge in [0, 0.05) is 32.3 Å². The van der Waals surface area contributed by atoms with Crippen LogP contribution in [0.2, 0.25) is 0 Å². The summed E-state index contributed by atoms with van der Waals surface area (Å²) in [5, 5.41) is 10.1. The van der Waals surface area contributed by atoms with Crippen LogP contribution >= 0.6 is 23.5 Å². The van der Waals surface area contributed by atoms with Crippen LogP contribution in [0.15, 0.2) is 9.98 Å². The van der Waals surface area contributed by atoms with Gasteiger partial charge in [0.05, 0.1) is 17.3 Å². The van der Waals surface area contributed by atoms with Gasteiger partial charge in [-0.05, 0) is 76.8 Å². The van der Waals surface area contributed by atoms with Crippen molar-refractivity contribution in [3.05, 3.63) is 0 Å². The average molecular weight is 802 g/mol. The molecule has 1 rings (SSSR count). The lowest BCUT2D eigenvalue weighted by molar-refractivity contribution is -0.136. The zero-order valence-corrected chi connectivity index (χ0v) is 33.0. The van der Waals surface area contributed by atoms with Gasteiger partial charge in [-0.15, -0.1) is 11.8 Å². The highest BCUT2D eigenvalue weighted by atomic mass is 32.2. The highest BCUT2D eigenvalue weighted by molar-refractivity contribution is 8.00. The smallest absolute Gasteiger partial charge is 0.243 e. The highest BCUT2D eigenvalue weighted by Crippen LogP contribution is 2.24. The number of rotatable bonds is 27. The standard InChI is InChI=1S/C32H59N13O7S2/c1-18(46)20(8-4-5-12-33)41-29(51)23(11-15-53-3)44-28(50)22(10-7-14-40-32(37)38)43-27(49)21(9-6-13-39-31(35)36)42-26(48)19(34)17-54-24-16-25(47)45(2)30(24)52/h19-24H,4-17,33-34H2,1-3H3,(H,41,51)(H,42,48)(H,43,49)(H,44,50)(H4,35,36,39)(H4,37,38,40)/t19?,20-,21-,22-,23-,24?/m0/s1. The van der Waals surface area contributed by atoms with Crippen molar-refractivity contribution in [2.45, 2.75) is 100 Å². The molecule has 0 radical (unpaired) electrons. The highest BCUT2D eigenvalue weighted by Gasteiger charge is 2.37. The second-order valence-corrected chi connectivity index (χ2v) is 15.0. The van der Waals surface area contributed by atoms with E-state index in [1.165, 1.54) is 25.7 Å². The van der Waals surface area contributed by atoms with Gasteiger partial charge >= 0.3 is 0 Å². The molecule has 54 heavy (non-hydrogen) atoms. The Kier molecular flexibility index (Phi) is 22.9. The molecule has 0 aliphatic carbocycles. The van der Waals surface area contributed by atoms with Gasteiger partial charge < -0.3 is 55.7 Å². The summed E-state index contributed by atoms with van der Waals surface area (Å²) in [6, 6.07) is -5.35. The lowest BCUT2D eigenvalue weighted by atomic mass is 10.0. The Morgan fingerprint density at radius 2 is 1.22 bits per heavy atom. The van der Waals surface area contributed by atoms with Gasteiger partial charge in [0.15, 0.2) is 17.7 Å². The van der Waals surface area contributed by atoms with Crippen molar-refractivity contribution >= 4 is 76.7 Å². The number of amides is 6. The van der Waals surface area contributed by atoms with Crippen molar-refractivity contribution in [3.8, 4) is 0 Å². The van der Waals surface area contributed by atoms with Crippen LogP contribution in [0.3, 0.4) is 0 Å². The minimum absolute atomic E-state index is 0.0112. The van der Waals surface area contributed by atoms with Crippen molar-refractivity contribution in [2.24, 2.45) is 44.4 Å². The van der Waals surface area contributed by atoms with E-state index >= 15 is 0 Å². The molecule has 1 saturated heterocycles. The molecule has 1 heterocycles. The number of Topliss-reactive ketones (excluding diaryl/α,β-unsaturated/α-hetero) is 1. The maximum atomic E-state index is 13.8. The topological polar surface area (TPSA) is 352 Å². The van der Waals surface area contributed by atoms with Gasteiger partial charge in [-0.1, -0.05) is 0 Å². The van der Waals surface area contributed by atoms with Crippen LogP contribution in [0.1, 0.15) is 64.7 Å². The second-order valence-electron chi connectivity index (χ2n) is 12.7. The van der Waals surface area contributed by atoms with Crippen LogP contribution in [0.25, 0.3) is 0 Å². The average Bonchev–Trinajstić information content (AvgIpc) is 3.36. The number of carbonyl (C=O) groups excluding carboxylic acids is 7. The first-order valence-electron chi connectivity index (χ1n) is 17.7. The molecule has 0 aromatic rings. The fourth-order valence-corrected chi connectivity index (χ4v) is 6.79. The molecule has 306 valence electrons. The summed E-state index contributed by atoms with van der Waals surface area (Å²) in [6.07, 6.45) is 4.36.